The highest BCUT2D eigenvalue weighted by Gasteiger charge is 2.22. The smallest absolute Gasteiger partial charge is 0.183 e. The Morgan fingerprint density at radius 3 is 1.41 bits per heavy atom. The molecule has 3 aromatic heterocycles. The second-order valence-electron chi connectivity index (χ2n) is 5.59. The van der Waals surface area contributed by atoms with Crippen LogP contribution < -0.4 is 11.1 Å². The highest BCUT2D eigenvalue weighted by Crippen LogP contribution is 2.32. The number of aromatic nitrogens is 6. The van der Waals surface area contributed by atoms with Gasteiger partial charge in [-0.3, -0.25) is 0 Å². The fourth-order valence-corrected chi connectivity index (χ4v) is 2.80. The number of nitrogens with zero attached hydrogens (tertiary/aromatic N) is 10. The SMILES string of the molecule is CNc1nc2c3nc(C#N)c(C#N)nc3c3nc(C#N)c(N)nc3c2nc1C#N. The maximum absolute atomic E-state index is 9.38. The predicted molar refractivity (Wildman–Crippen MR) is 98.5 cm³/mol. The minimum Gasteiger partial charge on any atom is -0.381 e. The first-order valence-electron chi connectivity index (χ1n) is 7.87. The molecule has 3 N–H and O–H groups in total. The first-order chi connectivity index (χ1) is 14.1. The minimum atomic E-state index is -0.215. The molecule has 0 aliphatic carbocycles. The van der Waals surface area contributed by atoms with Crippen LogP contribution >= 0.6 is 0 Å². The summed E-state index contributed by atoms with van der Waals surface area (Å²) in [7, 11) is 1.57. The van der Waals surface area contributed by atoms with Crippen molar-refractivity contribution >= 4 is 44.7 Å². The van der Waals surface area contributed by atoms with E-state index in [0.29, 0.717) is 0 Å². The molecule has 0 saturated heterocycles. The topological polar surface area (TPSA) is 211 Å². The maximum Gasteiger partial charge on any atom is 0.183 e. The van der Waals surface area contributed by atoms with Crippen molar-refractivity contribution in [2.45, 2.75) is 0 Å². The Balaban J connectivity index is 2.39. The molecule has 4 aromatic rings. The Morgan fingerprint density at radius 1 is 0.586 bits per heavy atom. The summed E-state index contributed by atoms with van der Waals surface area (Å²) < 4.78 is 0. The Bertz CT molecular complexity index is 1540. The van der Waals surface area contributed by atoms with Crippen molar-refractivity contribution in [2.75, 3.05) is 18.1 Å². The van der Waals surface area contributed by atoms with Crippen LogP contribution in [-0.2, 0) is 0 Å². The first kappa shape index (κ1) is 17.2. The summed E-state index contributed by atoms with van der Waals surface area (Å²) in [6.07, 6.45) is 0. The largest absolute Gasteiger partial charge is 0.381 e. The van der Waals surface area contributed by atoms with Gasteiger partial charge in [-0.15, -0.1) is 0 Å². The highest BCUT2D eigenvalue weighted by atomic mass is 15.0. The van der Waals surface area contributed by atoms with E-state index in [2.05, 4.69) is 35.2 Å². The average Bonchev–Trinajstić information content (AvgIpc) is 2.76. The fraction of sp³-hybridized carbons (Fsp3) is 0.0588. The zero-order chi connectivity index (χ0) is 20.7. The van der Waals surface area contributed by atoms with Crippen molar-refractivity contribution in [2.24, 2.45) is 0 Å². The van der Waals surface area contributed by atoms with Gasteiger partial charge in [0.1, 0.15) is 57.4 Å². The molecule has 3 heterocycles. The van der Waals surface area contributed by atoms with E-state index >= 15 is 0 Å². The van der Waals surface area contributed by atoms with Crippen LogP contribution in [0.5, 0.6) is 0 Å². The van der Waals surface area contributed by atoms with E-state index in [0.717, 1.165) is 0 Å². The summed E-state index contributed by atoms with van der Waals surface area (Å²) in [5.41, 5.74) is 6.03. The van der Waals surface area contributed by atoms with Gasteiger partial charge in [0.2, 0.25) is 0 Å². The Hall–Kier alpha value is -5.20. The van der Waals surface area contributed by atoms with Crippen LogP contribution in [0.3, 0.4) is 0 Å². The van der Waals surface area contributed by atoms with E-state index in [4.69, 9.17) is 5.73 Å². The van der Waals surface area contributed by atoms with Crippen LogP contribution in [0.2, 0.25) is 0 Å². The number of nitrogens with one attached hydrogen (secondary N) is 1. The lowest BCUT2D eigenvalue weighted by atomic mass is 10.1. The average molecular weight is 378 g/mol. The molecule has 0 fully saturated rings. The van der Waals surface area contributed by atoms with Crippen LogP contribution in [0.15, 0.2) is 0 Å². The summed E-state index contributed by atoms with van der Waals surface area (Å²) in [6, 6.07) is 7.38. The van der Waals surface area contributed by atoms with E-state index in [-0.39, 0.29) is 67.5 Å². The second-order valence-corrected chi connectivity index (χ2v) is 5.59. The molecule has 0 bridgehead atoms. The summed E-state index contributed by atoms with van der Waals surface area (Å²) in [5, 5.41) is 40.0. The van der Waals surface area contributed by atoms with Crippen molar-refractivity contribution in [3.63, 3.8) is 0 Å². The van der Waals surface area contributed by atoms with Crippen LogP contribution in [0.25, 0.3) is 33.1 Å². The molecule has 0 unspecified atom stereocenters. The molecule has 0 aliphatic heterocycles. The Kier molecular flexibility index (Phi) is 3.68. The molecule has 12 nitrogen and oxygen atoms in total. The van der Waals surface area contributed by atoms with E-state index in [1.807, 2.05) is 18.2 Å². The summed E-state index contributed by atoms with van der Waals surface area (Å²) in [5.74, 6) is 0.0423. The summed E-state index contributed by atoms with van der Waals surface area (Å²) in [6.45, 7) is 0. The van der Waals surface area contributed by atoms with Crippen LogP contribution in [0.4, 0.5) is 11.6 Å². The Labute approximate surface area is 161 Å². The van der Waals surface area contributed by atoms with E-state index in [9.17, 15) is 21.0 Å². The lowest BCUT2D eigenvalue weighted by Gasteiger charge is -2.10. The minimum absolute atomic E-state index is 0.00695. The summed E-state index contributed by atoms with van der Waals surface area (Å²) >= 11 is 0. The number of nitriles is 4. The van der Waals surface area contributed by atoms with E-state index < -0.39 is 0 Å². The van der Waals surface area contributed by atoms with Crippen LogP contribution in [0.1, 0.15) is 22.8 Å². The van der Waals surface area contributed by atoms with E-state index in [1.54, 1.807) is 13.1 Å². The molecule has 4 rings (SSSR count). The quantitative estimate of drug-likeness (QED) is 0.436. The number of benzene rings is 1. The van der Waals surface area contributed by atoms with Gasteiger partial charge in [0.25, 0.3) is 0 Å². The van der Waals surface area contributed by atoms with Crippen molar-refractivity contribution in [1.29, 1.82) is 21.0 Å². The van der Waals surface area contributed by atoms with Gasteiger partial charge in [0.15, 0.2) is 34.4 Å². The normalized spacial score (nSPS) is 10.2. The molecule has 134 valence electrons. The third kappa shape index (κ3) is 2.35. The molecule has 0 radical (unpaired) electrons. The standard InChI is InChI=1S/C17H6N12/c1-23-17-9(5-21)27-13-14-11(26-8(4-20)16(22)28-14)10-12(15(13)29-17)25-7(3-19)6(2-18)24-10/h1H3,(H2,22,28)(H,23,29). The van der Waals surface area contributed by atoms with E-state index in [1.165, 1.54) is 0 Å². The molecule has 1 aromatic carbocycles. The van der Waals surface area contributed by atoms with Gasteiger partial charge in [-0.2, -0.15) is 21.0 Å². The number of rotatable bonds is 1. The lowest BCUT2D eigenvalue weighted by molar-refractivity contribution is 1.17. The molecule has 0 atom stereocenters. The van der Waals surface area contributed by atoms with Gasteiger partial charge >= 0.3 is 0 Å². The third-order valence-electron chi connectivity index (χ3n) is 4.05. The van der Waals surface area contributed by atoms with Crippen molar-refractivity contribution in [3.8, 4) is 24.3 Å². The maximum atomic E-state index is 9.38. The lowest BCUT2D eigenvalue weighted by Crippen LogP contribution is -2.06. The summed E-state index contributed by atoms with van der Waals surface area (Å²) in [4.78, 5) is 25.5. The van der Waals surface area contributed by atoms with Crippen LogP contribution in [0, 0.1) is 45.3 Å². The molecular formula is C17H6N12. The zero-order valence-corrected chi connectivity index (χ0v) is 14.5. The highest BCUT2D eigenvalue weighted by molar-refractivity contribution is 6.18. The predicted octanol–water partition coefficient (Wildman–Crippen LogP) is 0.627. The second kappa shape index (κ2) is 6.20. The van der Waals surface area contributed by atoms with Gasteiger partial charge in [-0.25, -0.2) is 29.9 Å². The molecule has 0 saturated carbocycles. The number of nitrogen functional groups attached to an aromatic ring is 1. The van der Waals surface area contributed by atoms with Crippen LogP contribution in [-0.4, -0.2) is 37.0 Å². The van der Waals surface area contributed by atoms with Gasteiger partial charge in [0, 0.05) is 7.05 Å². The van der Waals surface area contributed by atoms with Crippen molar-refractivity contribution in [3.05, 3.63) is 22.8 Å². The van der Waals surface area contributed by atoms with Crippen molar-refractivity contribution < 1.29 is 0 Å². The molecule has 29 heavy (non-hydrogen) atoms. The first-order valence-corrected chi connectivity index (χ1v) is 7.87. The molecular weight excluding hydrogens is 372 g/mol. The monoisotopic (exact) mass is 378 g/mol. The number of hydrogen-bond acceptors (Lipinski definition) is 12. The van der Waals surface area contributed by atoms with Gasteiger partial charge < -0.3 is 11.1 Å². The number of hydrogen-bond donors (Lipinski definition) is 2. The third-order valence-corrected chi connectivity index (χ3v) is 4.05. The molecule has 0 amide bonds. The molecule has 0 aliphatic rings. The Morgan fingerprint density at radius 2 is 0.966 bits per heavy atom. The van der Waals surface area contributed by atoms with Gasteiger partial charge in [-0.05, 0) is 0 Å². The van der Waals surface area contributed by atoms with Gasteiger partial charge in [-0.1, -0.05) is 0 Å². The fourth-order valence-electron chi connectivity index (χ4n) is 2.80. The molecule has 0 spiro atoms. The van der Waals surface area contributed by atoms with Crippen molar-refractivity contribution in [1.82, 2.24) is 29.9 Å². The van der Waals surface area contributed by atoms with Gasteiger partial charge in [0.05, 0.1) is 0 Å². The zero-order valence-electron chi connectivity index (χ0n) is 14.5. The number of fused-ring (bicyclic) bond motifs is 6. The number of nitrogens with two attached hydrogens (primary N) is 1. The number of anilines is 2. The molecule has 12 heteroatoms.